The lowest BCUT2D eigenvalue weighted by Crippen LogP contribution is -2.51. The van der Waals surface area contributed by atoms with Crippen LogP contribution in [0.5, 0.6) is 0 Å². The maximum atomic E-state index is 13.1. The smallest absolute Gasteiger partial charge is 0.332 e. The summed E-state index contributed by atoms with van der Waals surface area (Å²) in [7, 11) is 0. The number of carbonyl (C=O) groups is 4. The number of piperidine rings is 2. The lowest BCUT2D eigenvalue weighted by Gasteiger charge is -2.35. The van der Waals surface area contributed by atoms with Gasteiger partial charge in [0, 0.05) is 38.5 Å². The largest absolute Gasteiger partial charge is 0.353 e. The van der Waals surface area contributed by atoms with E-state index >= 15 is 0 Å². The molecular formula is C24H32N4O4. The highest BCUT2D eigenvalue weighted by molar-refractivity contribution is 6.21. The summed E-state index contributed by atoms with van der Waals surface area (Å²) in [5, 5.41) is 3.10. The van der Waals surface area contributed by atoms with Gasteiger partial charge < -0.3 is 15.1 Å². The van der Waals surface area contributed by atoms with Crippen molar-refractivity contribution < 1.29 is 19.2 Å². The average molecular weight is 441 g/mol. The Morgan fingerprint density at radius 3 is 2.25 bits per heavy atom. The fourth-order valence-corrected chi connectivity index (χ4v) is 4.95. The highest BCUT2D eigenvalue weighted by Crippen LogP contribution is 2.32. The van der Waals surface area contributed by atoms with Gasteiger partial charge in [-0.15, -0.1) is 0 Å². The number of imide groups is 1. The number of amides is 5. The van der Waals surface area contributed by atoms with Crippen LogP contribution < -0.4 is 10.2 Å². The number of nitrogens with one attached hydrogen (secondary N) is 1. The van der Waals surface area contributed by atoms with Gasteiger partial charge in [-0.1, -0.05) is 26.0 Å². The molecule has 8 nitrogen and oxygen atoms in total. The van der Waals surface area contributed by atoms with Gasteiger partial charge in [0.2, 0.25) is 11.8 Å². The first-order valence-electron chi connectivity index (χ1n) is 11.6. The summed E-state index contributed by atoms with van der Waals surface area (Å²) >= 11 is 0. The van der Waals surface area contributed by atoms with E-state index in [1.165, 1.54) is 4.90 Å². The van der Waals surface area contributed by atoms with Crippen molar-refractivity contribution in [3.63, 3.8) is 0 Å². The van der Waals surface area contributed by atoms with E-state index in [1.807, 2.05) is 24.3 Å². The highest BCUT2D eigenvalue weighted by atomic mass is 16.2. The molecule has 0 spiro atoms. The van der Waals surface area contributed by atoms with Crippen LogP contribution in [0.4, 0.5) is 10.5 Å². The Morgan fingerprint density at radius 2 is 1.66 bits per heavy atom. The number of likely N-dealkylation sites (tertiary alicyclic amines) is 1. The van der Waals surface area contributed by atoms with Crippen LogP contribution in [0.2, 0.25) is 0 Å². The zero-order chi connectivity index (χ0) is 23.0. The molecule has 0 aliphatic carbocycles. The molecule has 1 aromatic carbocycles. The first-order valence-corrected chi connectivity index (χ1v) is 11.6. The van der Waals surface area contributed by atoms with E-state index in [4.69, 9.17) is 0 Å². The number of benzene rings is 1. The highest BCUT2D eigenvalue weighted by Gasteiger charge is 2.49. The molecule has 3 heterocycles. The van der Waals surface area contributed by atoms with Crippen molar-refractivity contribution in [3.8, 4) is 0 Å². The quantitative estimate of drug-likeness (QED) is 0.729. The Balaban J connectivity index is 1.37. The van der Waals surface area contributed by atoms with Crippen LogP contribution in [0.15, 0.2) is 24.3 Å². The van der Waals surface area contributed by atoms with Gasteiger partial charge in [0.1, 0.15) is 6.04 Å². The Hall–Kier alpha value is -2.90. The van der Waals surface area contributed by atoms with E-state index in [0.29, 0.717) is 56.9 Å². The third-order valence-corrected chi connectivity index (χ3v) is 7.02. The Labute approximate surface area is 188 Å². The zero-order valence-electron chi connectivity index (χ0n) is 19.0. The van der Waals surface area contributed by atoms with E-state index in [9.17, 15) is 19.2 Å². The van der Waals surface area contributed by atoms with Gasteiger partial charge in [-0.05, 0) is 49.3 Å². The molecule has 3 fully saturated rings. The minimum atomic E-state index is -0.536. The Kier molecular flexibility index (Phi) is 6.22. The maximum Gasteiger partial charge on any atom is 0.332 e. The Bertz CT molecular complexity index is 905. The number of fused-ring (bicyclic) bond motifs is 1. The number of hydrogen-bond donors (Lipinski definition) is 1. The summed E-state index contributed by atoms with van der Waals surface area (Å²) in [6, 6.07) is 6.63. The van der Waals surface area contributed by atoms with Crippen LogP contribution in [0, 0.1) is 5.92 Å². The van der Waals surface area contributed by atoms with Gasteiger partial charge in [0.25, 0.3) is 5.91 Å². The second-order valence-electron chi connectivity index (χ2n) is 9.42. The maximum absolute atomic E-state index is 13.1. The minimum absolute atomic E-state index is 0.00967. The molecule has 2 atom stereocenters. The molecule has 0 saturated carbocycles. The van der Waals surface area contributed by atoms with Crippen LogP contribution in [-0.4, -0.2) is 65.3 Å². The molecule has 8 heteroatoms. The van der Waals surface area contributed by atoms with E-state index < -0.39 is 6.04 Å². The molecule has 32 heavy (non-hydrogen) atoms. The van der Waals surface area contributed by atoms with Crippen LogP contribution in [0.25, 0.3) is 0 Å². The van der Waals surface area contributed by atoms with Gasteiger partial charge in [-0.2, -0.15) is 0 Å². The number of hydrogen-bond acceptors (Lipinski definition) is 4. The Morgan fingerprint density at radius 1 is 1.00 bits per heavy atom. The molecule has 3 aliphatic rings. The molecule has 1 aromatic rings. The van der Waals surface area contributed by atoms with Crippen LogP contribution in [-0.2, 0) is 14.4 Å². The van der Waals surface area contributed by atoms with E-state index in [1.54, 1.807) is 16.7 Å². The van der Waals surface area contributed by atoms with E-state index in [2.05, 4.69) is 19.2 Å². The predicted molar refractivity (Wildman–Crippen MR) is 120 cm³/mol. The van der Waals surface area contributed by atoms with Crippen molar-refractivity contribution in [2.24, 2.45) is 5.92 Å². The standard InChI is InChI=1S/C24H32N4O4/c1-15(2)17-4-6-20(7-5-17)28-23(31)21-14-19(10-13-27(21)24(28)32)25-22(30)18-8-11-26(12-9-18)16(3)29/h4-7,15,18-19,21H,8-14H2,1-3H3,(H,25,30)/t19-,21-/m0/s1. The number of carbonyl (C=O) groups excluding carboxylic acids is 4. The van der Waals surface area contributed by atoms with Crippen molar-refractivity contribution in [2.45, 2.75) is 64.5 Å². The third-order valence-electron chi connectivity index (χ3n) is 7.02. The topological polar surface area (TPSA) is 90.0 Å². The summed E-state index contributed by atoms with van der Waals surface area (Å²) in [5.74, 6) is 0.0783. The van der Waals surface area contributed by atoms with Crippen molar-refractivity contribution in [1.82, 2.24) is 15.1 Å². The van der Waals surface area contributed by atoms with Gasteiger partial charge in [-0.25, -0.2) is 9.69 Å². The van der Waals surface area contributed by atoms with Crippen LogP contribution >= 0.6 is 0 Å². The summed E-state index contributed by atoms with van der Waals surface area (Å²) in [4.78, 5) is 55.0. The SMILES string of the molecule is CC(=O)N1CCC(C(=O)N[C@H]2CCN3C(=O)N(c4ccc(C(C)C)cc4)C(=O)[C@@H]3C2)CC1. The van der Waals surface area contributed by atoms with Gasteiger partial charge in [0.05, 0.1) is 5.69 Å². The van der Waals surface area contributed by atoms with Gasteiger partial charge in [0.15, 0.2) is 0 Å². The van der Waals surface area contributed by atoms with Crippen molar-refractivity contribution in [1.29, 1.82) is 0 Å². The zero-order valence-corrected chi connectivity index (χ0v) is 19.0. The first-order chi connectivity index (χ1) is 15.3. The van der Waals surface area contributed by atoms with Crippen molar-refractivity contribution >= 4 is 29.4 Å². The molecule has 0 unspecified atom stereocenters. The lowest BCUT2D eigenvalue weighted by molar-refractivity contribution is -0.134. The van der Waals surface area contributed by atoms with Crippen LogP contribution in [0.1, 0.15) is 57.9 Å². The molecule has 0 radical (unpaired) electrons. The number of rotatable bonds is 4. The molecular weight excluding hydrogens is 408 g/mol. The molecule has 1 N–H and O–H groups in total. The monoisotopic (exact) mass is 440 g/mol. The number of nitrogens with zero attached hydrogens (tertiary/aromatic N) is 3. The number of urea groups is 1. The average Bonchev–Trinajstić information content (AvgIpc) is 3.03. The summed E-state index contributed by atoms with van der Waals surface area (Å²) < 4.78 is 0. The second kappa shape index (κ2) is 8.92. The van der Waals surface area contributed by atoms with Gasteiger partial charge >= 0.3 is 6.03 Å². The molecule has 0 aromatic heterocycles. The van der Waals surface area contributed by atoms with E-state index in [-0.39, 0.29) is 35.7 Å². The summed E-state index contributed by atoms with van der Waals surface area (Å²) in [6.07, 6.45) is 2.38. The third kappa shape index (κ3) is 4.23. The molecule has 5 amide bonds. The fraction of sp³-hybridized carbons (Fsp3) is 0.583. The van der Waals surface area contributed by atoms with Crippen molar-refractivity contribution in [3.05, 3.63) is 29.8 Å². The molecule has 3 saturated heterocycles. The molecule has 4 rings (SSSR count). The molecule has 0 bridgehead atoms. The van der Waals surface area contributed by atoms with Crippen LogP contribution in [0.3, 0.4) is 0 Å². The van der Waals surface area contributed by atoms with Crippen molar-refractivity contribution in [2.75, 3.05) is 24.5 Å². The normalized spacial score (nSPS) is 24.2. The summed E-state index contributed by atoms with van der Waals surface area (Å²) in [5.41, 5.74) is 1.75. The second-order valence-corrected chi connectivity index (χ2v) is 9.42. The van der Waals surface area contributed by atoms with Gasteiger partial charge in [-0.3, -0.25) is 14.4 Å². The van der Waals surface area contributed by atoms with E-state index in [0.717, 1.165) is 5.56 Å². The molecule has 3 aliphatic heterocycles. The fourth-order valence-electron chi connectivity index (χ4n) is 4.95. The lowest BCUT2D eigenvalue weighted by atomic mass is 9.93. The number of anilines is 1. The minimum Gasteiger partial charge on any atom is -0.353 e. The first kappa shape index (κ1) is 22.3. The summed E-state index contributed by atoms with van der Waals surface area (Å²) in [6.45, 7) is 7.41. The predicted octanol–water partition coefficient (Wildman–Crippen LogP) is 2.48. The molecule has 172 valence electrons.